The molecule has 0 N–H and O–H groups in total. The van der Waals surface area contributed by atoms with Gasteiger partial charge in [0, 0.05) is 13.2 Å². The highest BCUT2D eigenvalue weighted by atomic mass is 16.5. The number of rotatable bonds is 0. The summed E-state index contributed by atoms with van der Waals surface area (Å²) >= 11 is 0. The summed E-state index contributed by atoms with van der Waals surface area (Å²) < 4.78 is 5.45. The fourth-order valence-corrected chi connectivity index (χ4v) is 1.39. The standard InChI is InChI=1S/C10H12N2O2/c1-7-5-8-9(11-6-7)10(13)12(2)3-4-14-8/h5-6H,3-4H2,1-2H3. The number of nitrogens with zero attached hydrogens (tertiary/aromatic N) is 2. The molecule has 14 heavy (non-hydrogen) atoms. The number of fused-ring (bicyclic) bond motifs is 1. The highest BCUT2D eigenvalue weighted by Gasteiger charge is 2.21. The zero-order valence-electron chi connectivity index (χ0n) is 8.28. The van der Waals surface area contributed by atoms with Crippen molar-refractivity contribution in [3.05, 3.63) is 23.5 Å². The van der Waals surface area contributed by atoms with E-state index in [9.17, 15) is 4.79 Å². The minimum Gasteiger partial charge on any atom is -0.489 e. The van der Waals surface area contributed by atoms with Gasteiger partial charge in [-0.2, -0.15) is 0 Å². The van der Waals surface area contributed by atoms with Gasteiger partial charge in [-0.05, 0) is 18.6 Å². The summed E-state index contributed by atoms with van der Waals surface area (Å²) in [4.78, 5) is 17.4. The second-order valence-corrected chi connectivity index (χ2v) is 3.43. The number of hydrogen-bond donors (Lipinski definition) is 0. The lowest BCUT2D eigenvalue weighted by atomic mass is 10.2. The van der Waals surface area contributed by atoms with Crippen LogP contribution in [0, 0.1) is 6.92 Å². The summed E-state index contributed by atoms with van der Waals surface area (Å²) in [7, 11) is 1.75. The van der Waals surface area contributed by atoms with Crippen molar-refractivity contribution in [3.8, 4) is 5.75 Å². The molecule has 1 aromatic rings. The van der Waals surface area contributed by atoms with E-state index in [1.165, 1.54) is 0 Å². The Labute approximate surface area is 82.5 Å². The van der Waals surface area contributed by atoms with Gasteiger partial charge in [0.1, 0.15) is 6.61 Å². The number of carbonyl (C=O) groups excluding carboxylic acids is 1. The summed E-state index contributed by atoms with van der Waals surface area (Å²) in [5, 5.41) is 0. The first-order valence-electron chi connectivity index (χ1n) is 4.53. The zero-order valence-corrected chi connectivity index (χ0v) is 8.28. The van der Waals surface area contributed by atoms with Crippen LogP contribution in [0.1, 0.15) is 16.1 Å². The Hall–Kier alpha value is -1.58. The van der Waals surface area contributed by atoms with Crippen LogP contribution in [0.5, 0.6) is 5.75 Å². The van der Waals surface area contributed by atoms with Crippen LogP contribution in [-0.2, 0) is 0 Å². The van der Waals surface area contributed by atoms with E-state index in [0.717, 1.165) is 5.56 Å². The third kappa shape index (κ3) is 1.43. The maximum Gasteiger partial charge on any atom is 0.276 e. The van der Waals surface area contributed by atoms with E-state index in [-0.39, 0.29) is 5.91 Å². The number of aromatic nitrogens is 1. The molecule has 1 amide bonds. The van der Waals surface area contributed by atoms with Crippen molar-refractivity contribution in [2.45, 2.75) is 6.92 Å². The van der Waals surface area contributed by atoms with Crippen molar-refractivity contribution in [2.24, 2.45) is 0 Å². The van der Waals surface area contributed by atoms with Crippen LogP contribution >= 0.6 is 0 Å². The summed E-state index contributed by atoms with van der Waals surface area (Å²) in [6.07, 6.45) is 1.68. The van der Waals surface area contributed by atoms with Gasteiger partial charge in [0.25, 0.3) is 5.91 Å². The molecule has 4 heteroatoms. The first-order valence-corrected chi connectivity index (χ1v) is 4.53. The molecule has 0 radical (unpaired) electrons. The molecule has 1 aliphatic heterocycles. The average Bonchev–Trinajstić information content (AvgIpc) is 2.28. The van der Waals surface area contributed by atoms with Gasteiger partial charge in [-0.25, -0.2) is 4.98 Å². The minimum absolute atomic E-state index is 0.0718. The number of hydrogen-bond acceptors (Lipinski definition) is 3. The molecule has 2 rings (SSSR count). The third-order valence-corrected chi connectivity index (χ3v) is 2.22. The molecule has 74 valence electrons. The second kappa shape index (κ2) is 3.29. The van der Waals surface area contributed by atoms with Gasteiger partial charge < -0.3 is 9.64 Å². The monoisotopic (exact) mass is 192 g/mol. The van der Waals surface area contributed by atoms with Crippen molar-refractivity contribution in [1.29, 1.82) is 0 Å². The lowest BCUT2D eigenvalue weighted by Crippen LogP contribution is -2.28. The van der Waals surface area contributed by atoms with Crippen molar-refractivity contribution >= 4 is 5.91 Å². The molecule has 2 heterocycles. The van der Waals surface area contributed by atoms with Crippen LogP contribution in [0.4, 0.5) is 0 Å². The van der Waals surface area contributed by atoms with Crippen LogP contribution in [0.2, 0.25) is 0 Å². The Bertz CT molecular complexity index is 376. The predicted molar refractivity (Wildman–Crippen MR) is 51.4 cm³/mol. The van der Waals surface area contributed by atoms with Gasteiger partial charge in [-0.3, -0.25) is 4.79 Å². The van der Waals surface area contributed by atoms with Crippen molar-refractivity contribution in [3.63, 3.8) is 0 Å². The summed E-state index contributed by atoms with van der Waals surface area (Å²) in [6.45, 7) is 3.06. The lowest BCUT2D eigenvalue weighted by molar-refractivity contribution is 0.0792. The maximum atomic E-state index is 11.7. The summed E-state index contributed by atoms with van der Waals surface area (Å²) in [6, 6.07) is 1.85. The number of likely N-dealkylation sites (N-methyl/N-ethyl adjacent to an activating group) is 1. The van der Waals surface area contributed by atoms with Crippen LogP contribution in [0.15, 0.2) is 12.3 Å². The molecular formula is C10H12N2O2. The topological polar surface area (TPSA) is 42.4 Å². The molecule has 0 atom stereocenters. The number of pyridine rings is 1. The maximum absolute atomic E-state index is 11.7. The number of carbonyl (C=O) groups is 1. The van der Waals surface area contributed by atoms with Crippen molar-refractivity contribution < 1.29 is 9.53 Å². The molecule has 0 saturated carbocycles. The van der Waals surface area contributed by atoms with Crippen LogP contribution in [0.3, 0.4) is 0 Å². The normalized spacial score (nSPS) is 15.9. The molecule has 0 aromatic carbocycles. The van der Waals surface area contributed by atoms with E-state index >= 15 is 0 Å². The Morgan fingerprint density at radius 1 is 1.57 bits per heavy atom. The molecule has 0 saturated heterocycles. The lowest BCUT2D eigenvalue weighted by Gasteiger charge is -2.11. The van der Waals surface area contributed by atoms with E-state index in [4.69, 9.17) is 4.74 Å². The average molecular weight is 192 g/mol. The van der Waals surface area contributed by atoms with Gasteiger partial charge >= 0.3 is 0 Å². The van der Waals surface area contributed by atoms with Crippen molar-refractivity contribution in [1.82, 2.24) is 9.88 Å². The van der Waals surface area contributed by atoms with Crippen LogP contribution in [-0.4, -0.2) is 36.0 Å². The van der Waals surface area contributed by atoms with Gasteiger partial charge in [0.2, 0.25) is 0 Å². The van der Waals surface area contributed by atoms with Gasteiger partial charge in [0.05, 0.1) is 6.54 Å². The molecule has 0 aliphatic carbocycles. The van der Waals surface area contributed by atoms with Crippen LogP contribution in [0.25, 0.3) is 0 Å². The Morgan fingerprint density at radius 2 is 2.36 bits per heavy atom. The van der Waals surface area contributed by atoms with Gasteiger partial charge in [-0.1, -0.05) is 0 Å². The Balaban J connectivity index is 2.48. The highest BCUT2D eigenvalue weighted by molar-refractivity contribution is 5.95. The number of ether oxygens (including phenoxy) is 1. The SMILES string of the molecule is Cc1cnc2c(c1)OCCN(C)C2=O. The number of amides is 1. The smallest absolute Gasteiger partial charge is 0.276 e. The summed E-state index contributed by atoms with van der Waals surface area (Å²) in [5.41, 5.74) is 1.41. The highest BCUT2D eigenvalue weighted by Crippen LogP contribution is 2.21. The second-order valence-electron chi connectivity index (χ2n) is 3.43. The predicted octanol–water partition coefficient (Wildman–Crippen LogP) is 0.854. The molecule has 0 unspecified atom stereocenters. The van der Waals surface area contributed by atoms with E-state index < -0.39 is 0 Å². The number of aryl methyl sites for hydroxylation is 1. The molecule has 1 aromatic heterocycles. The van der Waals surface area contributed by atoms with E-state index in [2.05, 4.69) is 4.98 Å². The van der Waals surface area contributed by atoms with E-state index in [1.807, 2.05) is 13.0 Å². The largest absolute Gasteiger partial charge is 0.489 e. The molecule has 0 spiro atoms. The van der Waals surface area contributed by atoms with Crippen LogP contribution < -0.4 is 4.74 Å². The molecule has 1 aliphatic rings. The Kier molecular flexibility index (Phi) is 2.11. The Morgan fingerprint density at radius 3 is 3.14 bits per heavy atom. The fraction of sp³-hybridized carbons (Fsp3) is 0.400. The molecule has 0 fully saturated rings. The third-order valence-electron chi connectivity index (χ3n) is 2.22. The molecular weight excluding hydrogens is 180 g/mol. The first kappa shape index (κ1) is 8.99. The van der Waals surface area contributed by atoms with E-state index in [1.54, 1.807) is 18.1 Å². The fourth-order valence-electron chi connectivity index (χ4n) is 1.39. The molecule has 0 bridgehead atoms. The zero-order chi connectivity index (χ0) is 10.1. The first-order chi connectivity index (χ1) is 6.68. The summed E-state index contributed by atoms with van der Waals surface area (Å²) in [5.74, 6) is 0.525. The van der Waals surface area contributed by atoms with E-state index in [0.29, 0.717) is 24.6 Å². The van der Waals surface area contributed by atoms with Gasteiger partial charge in [-0.15, -0.1) is 0 Å². The quantitative estimate of drug-likeness (QED) is 0.612. The van der Waals surface area contributed by atoms with Gasteiger partial charge in [0.15, 0.2) is 11.4 Å². The van der Waals surface area contributed by atoms with Crippen molar-refractivity contribution in [2.75, 3.05) is 20.2 Å². The minimum atomic E-state index is -0.0718. The molecule has 4 nitrogen and oxygen atoms in total.